The molecule has 1 saturated carbocycles. The van der Waals surface area contributed by atoms with Crippen LogP contribution in [0.2, 0.25) is 0 Å². The number of hydrogen-bond acceptors (Lipinski definition) is 3. The summed E-state index contributed by atoms with van der Waals surface area (Å²) in [4.78, 5) is 8.48. The molecule has 6 heteroatoms. The molecule has 0 aromatic carbocycles. The van der Waals surface area contributed by atoms with Gasteiger partial charge in [0.15, 0.2) is 0 Å². The van der Waals surface area contributed by atoms with Gasteiger partial charge in [-0.2, -0.15) is 13.2 Å². The van der Waals surface area contributed by atoms with Crippen molar-refractivity contribution in [2.75, 3.05) is 0 Å². The number of rotatable bonds is 3. The minimum Gasteiger partial charge on any atom is -0.306 e. The van der Waals surface area contributed by atoms with E-state index in [-0.39, 0.29) is 24.9 Å². The lowest BCUT2D eigenvalue weighted by molar-refractivity contribution is -0.182. The fourth-order valence-corrected chi connectivity index (χ4v) is 2.86. The SMILES string of the molecule is Cc1nccnc1C(C)NC1CCC(C(F)(F)F)CC1. The average molecular weight is 287 g/mol. The molecule has 0 aliphatic heterocycles. The maximum absolute atomic E-state index is 12.6. The van der Waals surface area contributed by atoms with E-state index in [9.17, 15) is 13.2 Å². The molecular formula is C14H20F3N3. The average Bonchev–Trinajstić information content (AvgIpc) is 2.38. The van der Waals surface area contributed by atoms with E-state index in [0.717, 1.165) is 11.4 Å². The molecule has 1 aliphatic carbocycles. The zero-order valence-corrected chi connectivity index (χ0v) is 11.7. The minimum atomic E-state index is -4.04. The summed E-state index contributed by atoms with van der Waals surface area (Å²) in [5.74, 6) is -1.13. The fourth-order valence-electron chi connectivity index (χ4n) is 2.86. The predicted molar refractivity (Wildman–Crippen MR) is 70.1 cm³/mol. The fraction of sp³-hybridized carbons (Fsp3) is 0.714. The third-order valence-corrected chi connectivity index (χ3v) is 4.01. The summed E-state index contributed by atoms with van der Waals surface area (Å²) < 4.78 is 37.8. The Morgan fingerprint density at radius 2 is 1.75 bits per heavy atom. The third-order valence-electron chi connectivity index (χ3n) is 4.01. The van der Waals surface area contributed by atoms with Crippen LogP contribution in [-0.4, -0.2) is 22.2 Å². The van der Waals surface area contributed by atoms with Crippen molar-refractivity contribution in [1.29, 1.82) is 0 Å². The van der Waals surface area contributed by atoms with Gasteiger partial charge in [0.1, 0.15) is 0 Å². The summed E-state index contributed by atoms with van der Waals surface area (Å²) in [7, 11) is 0. The van der Waals surface area contributed by atoms with Crippen LogP contribution in [-0.2, 0) is 0 Å². The molecule has 1 aliphatic rings. The molecule has 0 radical (unpaired) electrons. The number of aromatic nitrogens is 2. The maximum atomic E-state index is 12.6. The molecule has 1 fully saturated rings. The Hall–Kier alpha value is -1.17. The van der Waals surface area contributed by atoms with Gasteiger partial charge in [-0.1, -0.05) is 0 Å². The molecule has 1 aromatic rings. The standard InChI is InChI=1S/C14H20F3N3/c1-9-13(19-8-7-18-9)10(2)20-12-5-3-11(4-6-12)14(15,16)17/h7-8,10-12,20H,3-6H2,1-2H3. The highest BCUT2D eigenvalue weighted by molar-refractivity contribution is 5.12. The van der Waals surface area contributed by atoms with E-state index in [0.29, 0.717) is 12.8 Å². The van der Waals surface area contributed by atoms with Crippen LogP contribution in [0.4, 0.5) is 13.2 Å². The van der Waals surface area contributed by atoms with Gasteiger partial charge < -0.3 is 5.32 Å². The summed E-state index contributed by atoms with van der Waals surface area (Å²) in [5.41, 5.74) is 1.72. The molecule has 1 aromatic heterocycles. The second-order valence-electron chi connectivity index (χ2n) is 5.51. The molecule has 1 N–H and O–H groups in total. The van der Waals surface area contributed by atoms with E-state index in [4.69, 9.17) is 0 Å². The Balaban J connectivity index is 1.88. The van der Waals surface area contributed by atoms with Crippen LogP contribution in [0, 0.1) is 12.8 Å². The van der Waals surface area contributed by atoms with Crippen LogP contribution in [0.3, 0.4) is 0 Å². The number of nitrogens with zero attached hydrogens (tertiary/aromatic N) is 2. The molecule has 0 bridgehead atoms. The van der Waals surface area contributed by atoms with Gasteiger partial charge in [0.05, 0.1) is 17.3 Å². The van der Waals surface area contributed by atoms with Crippen LogP contribution in [0.1, 0.15) is 50.0 Å². The Morgan fingerprint density at radius 3 is 2.30 bits per heavy atom. The zero-order chi connectivity index (χ0) is 14.8. The monoisotopic (exact) mass is 287 g/mol. The lowest BCUT2D eigenvalue weighted by atomic mass is 9.85. The lowest BCUT2D eigenvalue weighted by Crippen LogP contribution is -2.38. The molecule has 1 heterocycles. The molecule has 1 atom stereocenters. The number of alkyl halides is 3. The van der Waals surface area contributed by atoms with Crippen LogP contribution < -0.4 is 5.32 Å². The minimum absolute atomic E-state index is 0.0103. The van der Waals surface area contributed by atoms with E-state index in [1.54, 1.807) is 12.4 Å². The third kappa shape index (κ3) is 3.69. The van der Waals surface area contributed by atoms with Crippen molar-refractivity contribution >= 4 is 0 Å². The molecule has 0 amide bonds. The molecular weight excluding hydrogens is 267 g/mol. The van der Waals surface area contributed by atoms with Gasteiger partial charge in [0, 0.05) is 24.5 Å². The highest BCUT2D eigenvalue weighted by atomic mass is 19.4. The molecule has 1 unspecified atom stereocenters. The first-order valence-corrected chi connectivity index (χ1v) is 6.98. The van der Waals surface area contributed by atoms with Gasteiger partial charge in [-0.15, -0.1) is 0 Å². The Morgan fingerprint density at radius 1 is 1.15 bits per heavy atom. The molecule has 20 heavy (non-hydrogen) atoms. The van der Waals surface area contributed by atoms with Crippen molar-refractivity contribution in [3.8, 4) is 0 Å². The molecule has 0 saturated heterocycles. The van der Waals surface area contributed by atoms with Crippen molar-refractivity contribution in [1.82, 2.24) is 15.3 Å². The largest absolute Gasteiger partial charge is 0.391 e. The maximum Gasteiger partial charge on any atom is 0.391 e. The van der Waals surface area contributed by atoms with Crippen LogP contribution in [0.15, 0.2) is 12.4 Å². The van der Waals surface area contributed by atoms with Crippen molar-refractivity contribution in [2.24, 2.45) is 5.92 Å². The quantitative estimate of drug-likeness (QED) is 0.923. The van der Waals surface area contributed by atoms with Crippen molar-refractivity contribution < 1.29 is 13.2 Å². The molecule has 0 spiro atoms. The smallest absolute Gasteiger partial charge is 0.306 e. The topological polar surface area (TPSA) is 37.8 Å². The van der Waals surface area contributed by atoms with Crippen molar-refractivity contribution in [3.63, 3.8) is 0 Å². The number of nitrogens with one attached hydrogen (secondary N) is 1. The van der Waals surface area contributed by atoms with Crippen molar-refractivity contribution in [2.45, 2.75) is 57.8 Å². The lowest BCUT2D eigenvalue weighted by Gasteiger charge is -2.32. The van der Waals surface area contributed by atoms with Crippen LogP contribution in [0.5, 0.6) is 0 Å². The highest BCUT2D eigenvalue weighted by Gasteiger charge is 2.41. The molecule has 112 valence electrons. The van der Waals surface area contributed by atoms with E-state index >= 15 is 0 Å². The number of halogens is 3. The van der Waals surface area contributed by atoms with E-state index in [1.807, 2.05) is 13.8 Å². The Labute approximate surface area is 117 Å². The number of aryl methyl sites for hydroxylation is 1. The summed E-state index contributed by atoms with van der Waals surface area (Å²) in [6, 6.07) is 0.140. The van der Waals surface area contributed by atoms with Gasteiger partial charge in [-0.25, -0.2) is 0 Å². The first-order chi connectivity index (χ1) is 9.38. The first kappa shape index (κ1) is 15.2. The second kappa shape index (κ2) is 6.08. The zero-order valence-electron chi connectivity index (χ0n) is 11.7. The summed E-state index contributed by atoms with van der Waals surface area (Å²) in [5, 5.41) is 3.38. The first-order valence-electron chi connectivity index (χ1n) is 6.98. The van der Waals surface area contributed by atoms with Gasteiger partial charge in [-0.05, 0) is 39.5 Å². The number of hydrogen-bond donors (Lipinski definition) is 1. The van der Waals surface area contributed by atoms with Crippen molar-refractivity contribution in [3.05, 3.63) is 23.8 Å². The van der Waals surface area contributed by atoms with Gasteiger partial charge in [0.25, 0.3) is 0 Å². The Bertz CT molecular complexity index is 440. The van der Waals surface area contributed by atoms with Crippen LogP contribution in [0.25, 0.3) is 0 Å². The summed E-state index contributed by atoms with van der Waals surface area (Å²) >= 11 is 0. The highest BCUT2D eigenvalue weighted by Crippen LogP contribution is 2.37. The molecule has 2 rings (SSSR count). The summed E-state index contributed by atoms with van der Waals surface area (Å²) in [6.45, 7) is 3.87. The Kier molecular flexibility index (Phi) is 4.62. The van der Waals surface area contributed by atoms with E-state index < -0.39 is 12.1 Å². The van der Waals surface area contributed by atoms with Crippen LogP contribution >= 0.6 is 0 Å². The summed E-state index contributed by atoms with van der Waals surface area (Å²) in [6.07, 6.45) is 0.793. The second-order valence-corrected chi connectivity index (χ2v) is 5.51. The molecule has 3 nitrogen and oxygen atoms in total. The van der Waals surface area contributed by atoms with Gasteiger partial charge >= 0.3 is 6.18 Å². The van der Waals surface area contributed by atoms with Gasteiger partial charge in [-0.3, -0.25) is 9.97 Å². The van der Waals surface area contributed by atoms with E-state index in [2.05, 4.69) is 15.3 Å². The van der Waals surface area contributed by atoms with Gasteiger partial charge in [0.2, 0.25) is 0 Å². The van der Waals surface area contributed by atoms with E-state index in [1.165, 1.54) is 0 Å². The predicted octanol–water partition coefficient (Wildman–Crippen LogP) is 3.56. The normalized spacial score (nSPS) is 25.4.